The summed E-state index contributed by atoms with van der Waals surface area (Å²) in [6.07, 6.45) is 77.8. The van der Waals surface area contributed by atoms with Crippen molar-refractivity contribution in [2.75, 3.05) is 40.9 Å². The predicted octanol–water partition coefficient (Wildman–Crippen LogP) is 18.0. The van der Waals surface area contributed by atoms with Crippen LogP contribution < -0.4 is 10.2 Å². The van der Waals surface area contributed by atoms with Crippen LogP contribution in [0.15, 0.2) is 97.2 Å². The van der Waals surface area contributed by atoms with Crippen LogP contribution in [0.25, 0.3) is 0 Å². The van der Waals surface area contributed by atoms with Crippen LogP contribution >= 0.6 is 7.82 Å². The number of nitrogens with zero attached hydrogens (tertiary/aromatic N) is 1. The fraction of sp³-hybridized carbons (Fsp3) is 0.734. The number of unbranched alkanes of at least 4 members (excludes halogenated alkanes) is 27. The van der Waals surface area contributed by atoms with Gasteiger partial charge in [0.05, 0.1) is 39.9 Å². The number of amides is 1. The number of phosphoric ester groups is 1. The Balaban J connectivity index is 4.29. The summed E-state index contributed by atoms with van der Waals surface area (Å²) in [4.78, 5) is 25.5. The minimum Gasteiger partial charge on any atom is -0.756 e. The highest BCUT2D eigenvalue weighted by molar-refractivity contribution is 7.45. The topological polar surface area (TPSA) is 108 Å². The third-order valence-electron chi connectivity index (χ3n) is 13.0. The van der Waals surface area contributed by atoms with E-state index in [1.807, 2.05) is 27.2 Å². The molecular weight excluding hydrogens is 924 g/mol. The summed E-state index contributed by atoms with van der Waals surface area (Å²) >= 11 is 0. The molecule has 0 aromatic carbocycles. The first-order valence-corrected chi connectivity index (χ1v) is 31.6. The summed E-state index contributed by atoms with van der Waals surface area (Å²) in [6.45, 7) is 4.52. The van der Waals surface area contributed by atoms with E-state index in [0.717, 1.165) is 83.5 Å². The van der Waals surface area contributed by atoms with Gasteiger partial charge in [-0.25, -0.2) is 0 Å². The zero-order valence-electron chi connectivity index (χ0n) is 48.1. The Bertz CT molecular complexity index is 1510. The van der Waals surface area contributed by atoms with Crippen LogP contribution in [0.2, 0.25) is 0 Å². The number of hydrogen-bond acceptors (Lipinski definition) is 6. The second-order valence-electron chi connectivity index (χ2n) is 21.3. The number of aliphatic hydroxyl groups excluding tert-OH is 1. The van der Waals surface area contributed by atoms with E-state index in [2.05, 4.69) is 104 Å². The van der Waals surface area contributed by atoms with Crippen LogP contribution in [0.1, 0.15) is 251 Å². The van der Waals surface area contributed by atoms with Crippen molar-refractivity contribution in [3.05, 3.63) is 97.2 Å². The third kappa shape index (κ3) is 57.0. The lowest BCUT2D eigenvalue weighted by Crippen LogP contribution is -2.45. The van der Waals surface area contributed by atoms with Crippen LogP contribution in [0.3, 0.4) is 0 Å². The number of hydrogen-bond donors (Lipinski definition) is 2. The second-order valence-corrected chi connectivity index (χ2v) is 22.7. The zero-order valence-corrected chi connectivity index (χ0v) is 49.0. The fourth-order valence-corrected chi connectivity index (χ4v) is 9.09. The molecule has 0 radical (unpaired) electrons. The molecule has 0 saturated carbocycles. The van der Waals surface area contributed by atoms with Crippen LogP contribution in [-0.4, -0.2) is 68.5 Å². The van der Waals surface area contributed by atoms with Gasteiger partial charge in [-0.05, 0) is 77.0 Å². The highest BCUT2D eigenvalue weighted by Crippen LogP contribution is 2.38. The number of allylic oxidation sites excluding steroid dienone is 15. The molecule has 0 saturated heterocycles. The SMILES string of the molecule is CC/C=C\C/C=C\C/C=C\C/C=C\C/C=C\C/C=C\C/C=C\CCCCCC(=O)NC(COP(=O)([O-])OCC[N+](C)(C)C)C(O)/C=C/CCCCCCCCCCCCCCCCCCCCCCCCCC. The molecule has 0 heterocycles. The Kier molecular flexibility index (Phi) is 52.3. The zero-order chi connectivity index (χ0) is 53.5. The number of carbonyl (C=O) groups is 1. The van der Waals surface area contributed by atoms with Crippen molar-refractivity contribution in [3.8, 4) is 0 Å². The maximum Gasteiger partial charge on any atom is 0.268 e. The molecule has 0 aliphatic heterocycles. The molecule has 0 fully saturated rings. The number of quaternary nitrogens is 1. The molecule has 422 valence electrons. The van der Waals surface area contributed by atoms with Gasteiger partial charge < -0.3 is 28.8 Å². The molecule has 9 heteroatoms. The van der Waals surface area contributed by atoms with Crippen LogP contribution in [0.5, 0.6) is 0 Å². The van der Waals surface area contributed by atoms with Crippen LogP contribution in [-0.2, 0) is 18.4 Å². The lowest BCUT2D eigenvalue weighted by molar-refractivity contribution is -0.870. The molecule has 1 amide bonds. The van der Waals surface area contributed by atoms with E-state index in [0.29, 0.717) is 23.9 Å². The van der Waals surface area contributed by atoms with Gasteiger partial charge >= 0.3 is 0 Å². The van der Waals surface area contributed by atoms with E-state index in [9.17, 15) is 19.4 Å². The van der Waals surface area contributed by atoms with E-state index in [-0.39, 0.29) is 12.5 Å². The van der Waals surface area contributed by atoms with E-state index < -0.39 is 26.6 Å². The van der Waals surface area contributed by atoms with Crippen molar-refractivity contribution in [1.82, 2.24) is 5.32 Å². The molecule has 73 heavy (non-hydrogen) atoms. The Labute approximate surface area is 451 Å². The van der Waals surface area contributed by atoms with Gasteiger partial charge in [0.25, 0.3) is 7.82 Å². The van der Waals surface area contributed by atoms with Crippen molar-refractivity contribution >= 4 is 13.7 Å². The molecule has 0 spiro atoms. The quantitative estimate of drug-likeness (QED) is 0.0272. The highest BCUT2D eigenvalue weighted by atomic mass is 31.2. The van der Waals surface area contributed by atoms with Gasteiger partial charge in [0.15, 0.2) is 0 Å². The predicted molar refractivity (Wildman–Crippen MR) is 316 cm³/mol. The smallest absolute Gasteiger partial charge is 0.268 e. The monoisotopic (exact) mass is 1040 g/mol. The Morgan fingerprint density at radius 3 is 1.22 bits per heavy atom. The van der Waals surface area contributed by atoms with E-state index in [1.165, 1.54) is 141 Å². The van der Waals surface area contributed by atoms with Gasteiger partial charge in [-0.1, -0.05) is 265 Å². The molecule has 2 N–H and O–H groups in total. The minimum absolute atomic E-state index is 0.0129. The average Bonchev–Trinajstić information content (AvgIpc) is 3.35. The number of aliphatic hydroxyl groups is 1. The maximum absolute atomic E-state index is 13.0. The molecule has 0 aliphatic carbocycles. The van der Waals surface area contributed by atoms with Crippen LogP contribution in [0, 0.1) is 0 Å². The Hall–Kier alpha value is -2.58. The van der Waals surface area contributed by atoms with Gasteiger partial charge in [-0.3, -0.25) is 9.36 Å². The van der Waals surface area contributed by atoms with Crippen molar-refractivity contribution in [2.24, 2.45) is 0 Å². The maximum atomic E-state index is 13.0. The number of nitrogens with one attached hydrogen (secondary N) is 1. The summed E-state index contributed by atoms with van der Waals surface area (Å²) in [5, 5.41) is 13.9. The fourth-order valence-electron chi connectivity index (χ4n) is 8.37. The second kappa shape index (κ2) is 54.2. The first kappa shape index (κ1) is 70.4. The molecule has 3 unspecified atom stereocenters. The first-order chi connectivity index (χ1) is 35.5. The van der Waals surface area contributed by atoms with Crippen molar-refractivity contribution in [2.45, 2.75) is 264 Å². The summed E-state index contributed by atoms with van der Waals surface area (Å²) in [7, 11) is 1.23. The van der Waals surface area contributed by atoms with Crippen molar-refractivity contribution < 1.29 is 32.9 Å². The minimum atomic E-state index is -4.62. The Morgan fingerprint density at radius 2 is 0.836 bits per heavy atom. The molecule has 0 aromatic rings. The van der Waals surface area contributed by atoms with E-state index in [1.54, 1.807) is 6.08 Å². The average molecular weight is 1040 g/mol. The van der Waals surface area contributed by atoms with E-state index in [4.69, 9.17) is 9.05 Å². The molecule has 3 atom stereocenters. The lowest BCUT2D eigenvalue weighted by Gasteiger charge is -2.29. The summed E-state index contributed by atoms with van der Waals surface area (Å²) in [5.41, 5.74) is 0. The standard InChI is InChI=1S/C64H115N2O6P/c1-6-8-10-12-14-16-18-20-22-24-26-28-30-32-34-35-37-39-41-43-45-47-49-51-53-55-57-63(67)62(61-72-73(69,70)71-60-59-66(3,4)5)65-64(68)58-56-54-52-50-48-46-44-42-40-38-36-33-31-29-27-25-23-21-19-17-15-13-11-9-7-2/h9,11,15,17,21,23,27,29,33,36,40,42,46,48,55,57,62-63,67H,6-8,10,12-14,16,18-20,22,24-26,28,30-32,34-35,37-39,41,43-45,47,49-54,56,58-61H2,1-5H3,(H-,65,68,69,70)/b11-9-,17-15-,23-21-,29-27-,36-33-,42-40-,48-46-,57-55+. The van der Waals surface area contributed by atoms with Crippen molar-refractivity contribution in [3.63, 3.8) is 0 Å². The number of phosphoric acid groups is 1. The summed E-state index contributed by atoms with van der Waals surface area (Å²) < 4.78 is 23.4. The van der Waals surface area contributed by atoms with Crippen LogP contribution in [0.4, 0.5) is 0 Å². The first-order valence-electron chi connectivity index (χ1n) is 30.1. The largest absolute Gasteiger partial charge is 0.756 e. The summed E-state index contributed by atoms with van der Waals surface area (Å²) in [6, 6.07) is -0.913. The lowest BCUT2D eigenvalue weighted by atomic mass is 10.0. The number of rotatable bonds is 54. The van der Waals surface area contributed by atoms with Gasteiger partial charge in [-0.2, -0.15) is 0 Å². The molecule has 0 aliphatic rings. The third-order valence-corrected chi connectivity index (χ3v) is 14.0. The molecular formula is C64H115N2O6P. The highest BCUT2D eigenvalue weighted by Gasteiger charge is 2.23. The molecule has 0 bridgehead atoms. The number of likely N-dealkylation sites (N-methyl/N-ethyl adjacent to an activating group) is 1. The molecule has 0 rings (SSSR count). The number of carbonyl (C=O) groups excluding carboxylic acids is 1. The summed E-state index contributed by atoms with van der Waals surface area (Å²) in [5.74, 6) is -0.231. The van der Waals surface area contributed by atoms with Crippen molar-refractivity contribution in [1.29, 1.82) is 0 Å². The van der Waals surface area contributed by atoms with E-state index >= 15 is 0 Å². The molecule has 8 nitrogen and oxygen atoms in total. The van der Waals surface area contributed by atoms with Gasteiger partial charge in [0.2, 0.25) is 5.91 Å². The van der Waals surface area contributed by atoms with Gasteiger partial charge in [0.1, 0.15) is 13.2 Å². The van der Waals surface area contributed by atoms with Gasteiger partial charge in [-0.15, -0.1) is 0 Å². The Morgan fingerprint density at radius 1 is 0.493 bits per heavy atom. The molecule has 0 aromatic heterocycles. The van der Waals surface area contributed by atoms with Gasteiger partial charge in [0, 0.05) is 6.42 Å². The normalized spacial score (nSPS) is 14.6.